The van der Waals surface area contributed by atoms with Gasteiger partial charge >= 0.3 is 17.8 Å². The fourth-order valence-electron chi connectivity index (χ4n) is 3.30. The zero-order valence-corrected chi connectivity index (χ0v) is 15.8. The number of carbonyl (C=O) groups is 3. The Morgan fingerprint density at radius 3 is 2.67 bits per heavy atom. The number of halogens is 2. The molecule has 1 atom stereocenters. The van der Waals surface area contributed by atoms with Crippen molar-refractivity contribution in [1.29, 1.82) is 0 Å². The summed E-state index contributed by atoms with van der Waals surface area (Å²) in [5.41, 5.74) is 0.289. The Labute approximate surface area is 160 Å². The summed E-state index contributed by atoms with van der Waals surface area (Å²) in [4.78, 5) is 40.9. The molecule has 0 spiro atoms. The van der Waals surface area contributed by atoms with Crippen LogP contribution in [0.1, 0.15) is 24.2 Å². The van der Waals surface area contributed by atoms with Crippen LogP contribution in [0.15, 0.2) is 18.2 Å². The minimum atomic E-state index is -0.808. The largest absolute Gasteiger partial charge is 0.333 e. The molecule has 2 fully saturated rings. The molecule has 1 aromatic carbocycles. The lowest BCUT2D eigenvalue weighted by atomic mass is 10.1. The van der Waals surface area contributed by atoms with E-state index in [0.717, 1.165) is 17.0 Å². The first-order valence-electron chi connectivity index (χ1n) is 8.88. The molecule has 2 saturated heterocycles. The van der Waals surface area contributed by atoms with Crippen LogP contribution in [0.2, 0.25) is 0 Å². The molecule has 2 heterocycles. The van der Waals surface area contributed by atoms with Gasteiger partial charge in [-0.3, -0.25) is 14.5 Å². The number of likely N-dealkylation sites (N-methyl/N-ethyl adjacent to an activating group) is 1. The van der Waals surface area contributed by atoms with Gasteiger partial charge in [0.15, 0.2) is 0 Å². The van der Waals surface area contributed by atoms with Gasteiger partial charge in [0.05, 0.1) is 0 Å². The maximum absolute atomic E-state index is 14.0. The number of urea groups is 1. The first-order valence-corrected chi connectivity index (χ1v) is 9.93. The van der Waals surface area contributed by atoms with E-state index < -0.39 is 29.5 Å². The average Bonchev–Trinajstić information content (AvgIpc) is 2.91. The van der Waals surface area contributed by atoms with Crippen molar-refractivity contribution >= 4 is 29.6 Å². The molecule has 146 valence electrons. The lowest BCUT2D eigenvalue weighted by Gasteiger charge is -2.34. The van der Waals surface area contributed by atoms with E-state index in [1.807, 2.05) is 0 Å². The highest BCUT2D eigenvalue weighted by Crippen LogP contribution is 2.36. The summed E-state index contributed by atoms with van der Waals surface area (Å²) >= 11 is 1.45. The van der Waals surface area contributed by atoms with E-state index in [9.17, 15) is 23.2 Å². The molecule has 6 nitrogen and oxygen atoms in total. The Hall–Kier alpha value is -2.16. The average molecular weight is 397 g/mol. The highest BCUT2D eigenvalue weighted by Gasteiger charge is 2.38. The highest BCUT2D eigenvalue weighted by atomic mass is 32.2. The number of carbonyl (C=O) groups excluding carboxylic acids is 3. The van der Waals surface area contributed by atoms with Gasteiger partial charge in [-0.15, -0.1) is 0 Å². The maximum atomic E-state index is 14.0. The molecule has 2 aliphatic rings. The quantitative estimate of drug-likeness (QED) is 0.719. The molecule has 0 aliphatic carbocycles. The molecule has 1 aromatic rings. The van der Waals surface area contributed by atoms with Crippen molar-refractivity contribution in [3.8, 4) is 0 Å². The number of hydrogen-bond donors (Lipinski definition) is 0. The molecule has 0 radical (unpaired) electrons. The van der Waals surface area contributed by atoms with Crippen LogP contribution >= 0.6 is 11.8 Å². The Bertz CT molecular complexity index is 761. The molecular weight excluding hydrogens is 376 g/mol. The number of amides is 4. The molecule has 2 aliphatic heterocycles. The number of piperazine rings is 1. The van der Waals surface area contributed by atoms with E-state index >= 15 is 0 Å². The van der Waals surface area contributed by atoms with Gasteiger partial charge in [0.2, 0.25) is 0 Å². The van der Waals surface area contributed by atoms with Gasteiger partial charge in [0.25, 0.3) is 0 Å². The number of nitrogens with zero attached hydrogens (tertiary/aromatic N) is 3. The van der Waals surface area contributed by atoms with Gasteiger partial charge in [0.1, 0.15) is 11.6 Å². The maximum Gasteiger partial charge on any atom is 0.327 e. The fourth-order valence-corrected chi connectivity index (χ4v) is 4.54. The van der Waals surface area contributed by atoms with Gasteiger partial charge in [-0.2, -0.15) is 11.8 Å². The van der Waals surface area contributed by atoms with Crippen LogP contribution in [0.25, 0.3) is 0 Å². The number of benzene rings is 1. The van der Waals surface area contributed by atoms with Crippen LogP contribution in [-0.4, -0.2) is 71.0 Å². The summed E-state index contributed by atoms with van der Waals surface area (Å²) in [6, 6.07) is 2.88. The van der Waals surface area contributed by atoms with Gasteiger partial charge < -0.3 is 9.80 Å². The third-order valence-electron chi connectivity index (χ3n) is 4.84. The molecule has 0 aromatic heterocycles. The molecule has 27 heavy (non-hydrogen) atoms. The Balaban J connectivity index is 1.67. The summed E-state index contributed by atoms with van der Waals surface area (Å²) in [6.07, 6.45) is 0.438. The lowest BCUT2D eigenvalue weighted by molar-refractivity contribution is -0.153. The highest BCUT2D eigenvalue weighted by molar-refractivity contribution is 7.99. The van der Waals surface area contributed by atoms with E-state index in [2.05, 4.69) is 0 Å². The van der Waals surface area contributed by atoms with Crippen molar-refractivity contribution in [2.75, 3.05) is 38.5 Å². The second-order valence-electron chi connectivity index (χ2n) is 6.43. The summed E-state index contributed by atoms with van der Waals surface area (Å²) < 4.78 is 27.5. The topological polar surface area (TPSA) is 60.9 Å². The first kappa shape index (κ1) is 19.6. The zero-order chi connectivity index (χ0) is 19.6. The lowest BCUT2D eigenvalue weighted by Crippen LogP contribution is -2.58. The van der Waals surface area contributed by atoms with Crippen LogP contribution in [0.4, 0.5) is 13.6 Å². The van der Waals surface area contributed by atoms with Crippen LogP contribution in [-0.2, 0) is 9.59 Å². The SMILES string of the molecule is CCN1CCN(C(=O)N2CCS[C@H](c3cc(F)ccc3F)CC2)C(=O)C1=O. The van der Waals surface area contributed by atoms with Gasteiger partial charge in [-0.25, -0.2) is 13.6 Å². The summed E-state index contributed by atoms with van der Waals surface area (Å²) in [7, 11) is 0. The van der Waals surface area contributed by atoms with Crippen molar-refractivity contribution in [2.24, 2.45) is 0 Å². The van der Waals surface area contributed by atoms with E-state index in [0.29, 0.717) is 38.4 Å². The normalized spacial score (nSPS) is 21.4. The molecule has 0 unspecified atom stereocenters. The summed E-state index contributed by atoms with van der Waals surface area (Å²) in [6.45, 7) is 3.39. The summed E-state index contributed by atoms with van der Waals surface area (Å²) in [5, 5.41) is -0.271. The molecule has 4 amide bonds. The van der Waals surface area contributed by atoms with E-state index in [4.69, 9.17) is 0 Å². The van der Waals surface area contributed by atoms with Crippen LogP contribution in [0.3, 0.4) is 0 Å². The monoisotopic (exact) mass is 397 g/mol. The van der Waals surface area contributed by atoms with E-state index in [1.54, 1.807) is 6.92 Å². The van der Waals surface area contributed by atoms with Crippen molar-refractivity contribution in [1.82, 2.24) is 14.7 Å². The third-order valence-corrected chi connectivity index (χ3v) is 6.15. The van der Waals surface area contributed by atoms with E-state index in [1.165, 1.54) is 27.6 Å². The van der Waals surface area contributed by atoms with Crippen LogP contribution in [0.5, 0.6) is 0 Å². The molecule has 0 saturated carbocycles. The standard InChI is InChI=1S/C18H21F2N3O3S/c1-2-21-7-8-23(17(25)16(21)24)18(26)22-6-5-15(27-10-9-22)13-11-12(19)3-4-14(13)20/h3-4,11,15H,2,5-10H2,1H3/t15-/m0/s1. The minimum absolute atomic E-state index is 0.169. The zero-order valence-electron chi connectivity index (χ0n) is 15.0. The smallest absolute Gasteiger partial charge is 0.327 e. The Morgan fingerprint density at radius 1 is 1.15 bits per heavy atom. The second-order valence-corrected chi connectivity index (χ2v) is 7.74. The van der Waals surface area contributed by atoms with Crippen molar-refractivity contribution < 1.29 is 23.2 Å². The first-order chi connectivity index (χ1) is 12.9. The number of hydrogen-bond acceptors (Lipinski definition) is 4. The third kappa shape index (κ3) is 4.07. The molecule has 3 rings (SSSR count). The molecule has 0 N–H and O–H groups in total. The van der Waals surface area contributed by atoms with Crippen LogP contribution < -0.4 is 0 Å². The predicted octanol–water partition coefficient (Wildman–Crippen LogP) is 2.26. The minimum Gasteiger partial charge on any atom is -0.333 e. The predicted molar refractivity (Wildman–Crippen MR) is 97.1 cm³/mol. The van der Waals surface area contributed by atoms with Gasteiger partial charge in [-0.05, 0) is 31.5 Å². The van der Waals surface area contributed by atoms with Gasteiger partial charge in [0, 0.05) is 49.3 Å². The van der Waals surface area contributed by atoms with Crippen molar-refractivity contribution in [3.05, 3.63) is 35.4 Å². The molecule has 9 heteroatoms. The van der Waals surface area contributed by atoms with E-state index in [-0.39, 0.29) is 17.4 Å². The Morgan fingerprint density at radius 2 is 1.93 bits per heavy atom. The summed E-state index contributed by atoms with van der Waals surface area (Å²) in [5.74, 6) is -1.91. The number of imide groups is 1. The van der Waals surface area contributed by atoms with Crippen molar-refractivity contribution in [2.45, 2.75) is 18.6 Å². The number of thioether (sulfide) groups is 1. The second kappa shape index (κ2) is 8.24. The number of rotatable bonds is 2. The van der Waals surface area contributed by atoms with Crippen LogP contribution in [0, 0.1) is 11.6 Å². The van der Waals surface area contributed by atoms with Crippen molar-refractivity contribution in [3.63, 3.8) is 0 Å². The fraction of sp³-hybridized carbons (Fsp3) is 0.500. The molecular formula is C18H21F2N3O3S. The van der Waals surface area contributed by atoms with Gasteiger partial charge in [-0.1, -0.05) is 0 Å². The Kier molecular flexibility index (Phi) is 5.98. The molecule has 0 bridgehead atoms.